The van der Waals surface area contributed by atoms with E-state index in [4.69, 9.17) is 0 Å². The average Bonchev–Trinajstić information content (AvgIpc) is 2.78. The Labute approximate surface area is 185 Å². The van der Waals surface area contributed by atoms with Crippen LogP contribution in [0.25, 0.3) is 0 Å². The van der Waals surface area contributed by atoms with Crippen molar-refractivity contribution in [2.75, 3.05) is 18.5 Å². The first-order valence-electron chi connectivity index (χ1n) is 10.4. The van der Waals surface area contributed by atoms with Crippen molar-refractivity contribution in [1.82, 2.24) is 10.3 Å². The first kappa shape index (κ1) is 21.6. The minimum Gasteiger partial charge on any atom is -0.355 e. The number of hydrogen-bond acceptors (Lipinski definition) is 3. The molecule has 1 N–H and O–H groups in total. The molecule has 3 aromatic rings. The number of carbonyl (C=O) groups excluding carboxylic acids is 2. The maximum absolute atomic E-state index is 14.4. The highest BCUT2D eigenvalue weighted by atomic mass is 19.1. The van der Waals surface area contributed by atoms with Crippen LogP contribution in [0.3, 0.4) is 0 Å². The Morgan fingerprint density at radius 1 is 1.12 bits per heavy atom. The molecule has 0 spiro atoms. The van der Waals surface area contributed by atoms with E-state index in [0.29, 0.717) is 36.3 Å². The molecule has 164 valence electrons. The van der Waals surface area contributed by atoms with E-state index in [0.717, 1.165) is 28.5 Å². The normalized spacial score (nSPS) is 13.2. The third kappa shape index (κ3) is 3.86. The van der Waals surface area contributed by atoms with Crippen LogP contribution in [-0.4, -0.2) is 30.4 Å². The van der Waals surface area contributed by atoms with Gasteiger partial charge in [0.15, 0.2) is 0 Å². The number of anilines is 1. The summed E-state index contributed by atoms with van der Waals surface area (Å²) in [5.41, 5.74) is 5.29. The van der Waals surface area contributed by atoms with Crippen molar-refractivity contribution in [3.05, 3.63) is 93.2 Å². The van der Waals surface area contributed by atoms with Crippen LogP contribution >= 0.6 is 0 Å². The Hall–Kier alpha value is -3.61. The fraction of sp³-hybridized carbons (Fsp3) is 0.240. The van der Waals surface area contributed by atoms with E-state index in [1.54, 1.807) is 11.0 Å². The predicted molar refractivity (Wildman–Crippen MR) is 118 cm³/mol. The zero-order chi connectivity index (χ0) is 23.0. The van der Waals surface area contributed by atoms with Gasteiger partial charge in [-0.3, -0.25) is 14.5 Å². The fourth-order valence-electron chi connectivity index (χ4n) is 4.16. The van der Waals surface area contributed by atoms with Crippen LogP contribution in [0, 0.1) is 25.5 Å². The Morgan fingerprint density at radius 3 is 2.56 bits per heavy atom. The summed E-state index contributed by atoms with van der Waals surface area (Å²) in [6, 6.07) is 9.19. The number of rotatable bonds is 4. The van der Waals surface area contributed by atoms with Gasteiger partial charge in [-0.25, -0.2) is 13.8 Å². The molecule has 0 fully saturated rings. The smallest absolute Gasteiger partial charge is 0.259 e. The summed E-state index contributed by atoms with van der Waals surface area (Å²) in [6.07, 6.45) is 2.19. The largest absolute Gasteiger partial charge is 0.355 e. The second-order valence-corrected chi connectivity index (χ2v) is 7.92. The van der Waals surface area contributed by atoms with Gasteiger partial charge in [0.25, 0.3) is 11.8 Å². The molecular formula is C25H23F2N3O2. The molecule has 0 aliphatic carbocycles. The van der Waals surface area contributed by atoms with Gasteiger partial charge < -0.3 is 5.32 Å². The summed E-state index contributed by atoms with van der Waals surface area (Å²) in [5, 5.41) is 2.42. The van der Waals surface area contributed by atoms with Crippen LogP contribution in [0.15, 0.2) is 42.6 Å². The first-order chi connectivity index (χ1) is 15.3. The van der Waals surface area contributed by atoms with Crippen molar-refractivity contribution < 1.29 is 18.4 Å². The molecule has 4 rings (SSSR count). The Kier molecular flexibility index (Phi) is 5.74. The van der Waals surface area contributed by atoms with Gasteiger partial charge in [0, 0.05) is 19.2 Å². The van der Waals surface area contributed by atoms with Crippen LogP contribution in [0.5, 0.6) is 0 Å². The third-order valence-corrected chi connectivity index (χ3v) is 6.09. The number of benzene rings is 2. The molecule has 0 radical (unpaired) electrons. The number of fused-ring (bicyclic) bond motifs is 1. The van der Waals surface area contributed by atoms with Crippen molar-refractivity contribution >= 4 is 17.6 Å². The summed E-state index contributed by atoms with van der Waals surface area (Å²) in [4.78, 5) is 30.6. The molecule has 0 saturated carbocycles. The molecule has 0 unspecified atom stereocenters. The topological polar surface area (TPSA) is 62.3 Å². The van der Waals surface area contributed by atoms with E-state index < -0.39 is 17.5 Å². The number of carbonyl (C=O) groups is 2. The highest BCUT2D eigenvalue weighted by Gasteiger charge is 2.29. The molecule has 5 nitrogen and oxygen atoms in total. The predicted octanol–water partition coefficient (Wildman–Crippen LogP) is 4.13. The monoisotopic (exact) mass is 435 g/mol. The fourth-order valence-corrected chi connectivity index (χ4v) is 4.16. The molecule has 1 aliphatic rings. The lowest BCUT2D eigenvalue weighted by Gasteiger charge is -2.30. The number of pyridine rings is 1. The van der Waals surface area contributed by atoms with Gasteiger partial charge in [-0.15, -0.1) is 0 Å². The van der Waals surface area contributed by atoms with Gasteiger partial charge in [0.05, 0.1) is 11.8 Å². The maximum Gasteiger partial charge on any atom is 0.259 e. The second-order valence-electron chi connectivity index (χ2n) is 7.92. The van der Waals surface area contributed by atoms with Crippen LogP contribution in [0.2, 0.25) is 0 Å². The van der Waals surface area contributed by atoms with E-state index in [2.05, 4.69) is 10.3 Å². The zero-order valence-corrected chi connectivity index (χ0v) is 18.1. The van der Waals surface area contributed by atoms with E-state index in [-0.39, 0.29) is 11.5 Å². The number of halogens is 2. The number of aromatic nitrogens is 1. The maximum atomic E-state index is 14.4. The van der Waals surface area contributed by atoms with Crippen LogP contribution in [0.1, 0.15) is 48.5 Å². The quantitative estimate of drug-likeness (QED) is 0.670. The van der Waals surface area contributed by atoms with Gasteiger partial charge in [-0.05, 0) is 84.8 Å². The Balaban J connectivity index is 1.68. The van der Waals surface area contributed by atoms with Crippen LogP contribution < -0.4 is 10.2 Å². The molecule has 0 bridgehead atoms. The van der Waals surface area contributed by atoms with Gasteiger partial charge in [0.1, 0.15) is 17.5 Å². The van der Waals surface area contributed by atoms with Crippen LogP contribution in [-0.2, 0) is 12.8 Å². The van der Waals surface area contributed by atoms with Gasteiger partial charge in [-0.1, -0.05) is 6.07 Å². The number of nitrogens with one attached hydrogen (secondary N) is 1. The minimum absolute atomic E-state index is 0.00721. The molecule has 2 aromatic carbocycles. The third-order valence-electron chi connectivity index (χ3n) is 6.09. The first-order valence-corrected chi connectivity index (χ1v) is 10.4. The van der Waals surface area contributed by atoms with Crippen molar-refractivity contribution in [2.24, 2.45) is 0 Å². The summed E-state index contributed by atoms with van der Waals surface area (Å²) < 4.78 is 27.7. The summed E-state index contributed by atoms with van der Waals surface area (Å²) in [7, 11) is 1.46. The van der Waals surface area contributed by atoms with E-state index in [1.165, 1.54) is 31.3 Å². The molecule has 7 heteroatoms. The molecule has 1 aromatic heterocycles. The molecular weight excluding hydrogens is 412 g/mol. The van der Waals surface area contributed by atoms with Crippen molar-refractivity contribution in [1.29, 1.82) is 0 Å². The van der Waals surface area contributed by atoms with Gasteiger partial charge in [-0.2, -0.15) is 0 Å². The summed E-state index contributed by atoms with van der Waals surface area (Å²) >= 11 is 0. The van der Waals surface area contributed by atoms with Crippen molar-refractivity contribution in [3.63, 3.8) is 0 Å². The Morgan fingerprint density at radius 2 is 1.91 bits per heavy atom. The molecule has 2 amide bonds. The summed E-state index contributed by atoms with van der Waals surface area (Å²) in [6.45, 7) is 4.46. The molecule has 32 heavy (non-hydrogen) atoms. The molecule has 2 heterocycles. The zero-order valence-electron chi connectivity index (χ0n) is 18.1. The van der Waals surface area contributed by atoms with Crippen LogP contribution in [0.4, 0.5) is 14.6 Å². The SMILES string of the molecule is CNC(=O)c1ccc(Cc2cc3c(c(C)c2C)CCN(c2ccc(F)cn2)C3=O)cc1F. The number of amides is 2. The number of nitrogens with zero attached hydrogens (tertiary/aromatic N) is 2. The lowest BCUT2D eigenvalue weighted by molar-refractivity contribution is 0.0956. The summed E-state index contributed by atoms with van der Waals surface area (Å²) in [5.74, 6) is -1.29. The molecule has 0 saturated heterocycles. The van der Waals surface area contributed by atoms with Gasteiger partial charge >= 0.3 is 0 Å². The minimum atomic E-state index is -0.584. The average molecular weight is 435 g/mol. The van der Waals surface area contributed by atoms with Crippen molar-refractivity contribution in [2.45, 2.75) is 26.7 Å². The Bertz CT molecular complexity index is 1220. The highest BCUT2D eigenvalue weighted by Crippen LogP contribution is 2.30. The highest BCUT2D eigenvalue weighted by molar-refractivity contribution is 6.08. The van der Waals surface area contributed by atoms with Crippen molar-refractivity contribution in [3.8, 4) is 0 Å². The standard InChI is InChI=1S/C25H23F2N3O2/c1-14-15(2)19-8-9-30(23-7-5-18(26)13-29-23)25(32)21(19)12-17(14)10-16-4-6-20(22(27)11-16)24(31)28-3/h4-7,11-13H,8-10H2,1-3H3,(H,28,31). The number of hydrogen-bond donors (Lipinski definition) is 1. The van der Waals surface area contributed by atoms with E-state index in [9.17, 15) is 18.4 Å². The van der Waals surface area contributed by atoms with E-state index in [1.807, 2.05) is 19.9 Å². The molecule has 1 aliphatic heterocycles. The lowest BCUT2D eigenvalue weighted by Crippen LogP contribution is -2.38. The van der Waals surface area contributed by atoms with Gasteiger partial charge in [0.2, 0.25) is 0 Å². The lowest BCUT2D eigenvalue weighted by atomic mass is 9.86. The second kappa shape index (κ2) is 8.49. The molecule has 0 atom stereocenters. The van der Waals surface area contributed by atoms with E-state index >= 15 is 0 Å².